The van der Waals surface area contributed by atoms with Gasteiger partial charge in [-0.25, -0.2) is 9.97 Å². The highest BCUT2D eigenvalue weighted by Gasteiger charge is 2.15. The summed E-state index contributed by atoms with van der Waals surface area (Å²) in [5, 5.41) is 3.43. The highest BCUT2D eigenvalue weighted by molar-refractivity contribution is 7.22. The number of aromatic nitrogens is 2. The summed E-state index contributed by atoms with van der Waals surface area (Å²) in [7, 11) is 1.78. The minimum absolute atomic E-state index is 0.0451. The summed E-state index contributed by atoms with van der Waals surface area (Å²) in [5.41, 5.74) is 8.05. The number of hydrogen-bond donors (Lipinski definition) is 1. The molecule has 0 fully saturated rings. The van der Waals surface area contributed by atoms with Gasteiger partial charge in [-0.2, -0.15) is 0 Å². The molecular formula is C14H14N4OS2. The Hall–Kier alpha value is -1.99. The van der Waals surface area contributed by atoms with Gasteiger partial charge in [-0.3, -0.25) is 4.79 Å². The van der Waals surface area contributed by atoms with E-state index in [9.17, 15) is 4.79 Å². The van der Waals surface area contributed by atoms with Crippen LogP contribution in [0.4, 0.5) is 5.13 Å². The van der Waals surface area contributed by atoms with Crippen molar-refractivity contribution in [1.29, 1.82) is 0 Å². The normalized spacial score (nSPS) is 11.0. The number of rotatable bonds is 3. The molecule has 7 heteroatoms. The summed E-state index contributed by atoms with van der Waals surface area (Å²) in [6.07, 6.45) is 0. The van der Waals surface area contributed by atoms with E-state index >= 15 is 0 Å². The summed E-state index contributed by atoms with van der Waals surface area (Å²) in [5.74, 6) is -0.0451. The zero-order valence-electron chi connectivity index (χ0n) is 11.7. The van der Waals surface area contributed by atoms with Crippen LogP contribution in [0.25, 0.3) is 10.2 Å². The van der Waals surface area contributed by atoms with Crippen LogP contribution < -0.4 is 5.73 Å². The second-order valence-corrected chi connectivity index (χ2v) is 6.78. The van der Waals surface area contributed by atoms with Crippen molar-refractivity contribution in [2.45, 2.75) is 13.5 Å². The van der Waals surface area contributed by atoms with Crippen LogP contribution in [-0.4, -0.2) is 27.8 Å². The molecule has 3 aromatic rings. The molecule has 0 radical (unpaired) electrons. The monoisotopic (exact) mass is 318 g/mol. The van der Waals surface area contributed by atoms with Gasteiger partial charge in [0.1, 0.15) is 5.01 Å². The lowest BCUT2D eigenvalue weighted by Crippen LogP contribution is -2.26. The van der Waals surface area contributed by atoms with Gasteiger partial charge in [-0.15, -0.1) is 11.3 Å². The molecule has 0 aliphatic rings. The summed E-state index contributed by atoms with van der Waals surface area (Å²) >= 11 is 2.98. The summed E-state index contributed by atoms with van der Waals surface area (Å²) < 4.78 is 0.988. The largest absolute Gasteiger partial charge is 0.375 e. The lowest BCUT2D eigenvalue weighted by atomic mass is 10.2. The second kappa shape index (κ2) is 5.42. The van der Waals surface area contributed by atoms with Crippen molar-refractivity contribution >= 4 is 43.9 Å². The van der Waals surface area contributed by atoms with Gasteiger partial charge in [0.2, 0.25) is 0 Å². The zero-order chi connectivity index (χ0) is 15.0. The highest BCUT2D eigenvalue weighted by atomic mass is 32.1. The van der Waals surface area contributed by atoms with E-state index in [1.54, 1.807) is 29.4 Å². The summed E-state index contributed by atoms with van der Waals surface area (Å²) in [6.45, 7) is 2.46. The number of nitrogens with zero attached hydrogens (tertiary/aromatic N) is 3. The van der Waals surface area contributed by atoms with Gasteiger partial charge in [0.25, 0.3) is 5.91 Å². The Morgan fingerprint density at radius 1 is 1.38 bits per heavy atom. The summed E-state index contributed by atoms with van der Waals surface area (Å²) in [6, 6.07) is 5.48. The standard InChI is InChI=1S/C14H14N4OS2/c1-8-7-20-12(16-8)6-18(2)13(19)9-3-4-11-10(5-9)17-14(15)21-11/h3-5,7H,6H2,1-2H3,(H2,15,17). The number of aryl methyl sites for hydroxylation is 1. The first-order valence-corrected chi connectivity index (χ1v) is 8.05. The lowest BCUT2D eigenvalue weighted by molar-refractivity contribution is 0.0785. The Labute approximate surface area is 130 Å². The van der Waals surface area contributed by atoms with Gasteiger partial charge >= 0.3 is 0 Å². The molecular weight excluding hydrogens is 304 g/mol. The topological polar surface area (TPSA) is 72.1 Å². The molecule has 5 nitrogen and oxygen atoms in total. The van der Waals surface area contributed by atoms with Crippen molar-refractivity contribution in [3.63, 3.8) is 0 Å². The highest BCUT2D eigenvalue weighted by Crippen LogP contribution is 2.25. The van der Waals surface area contributed by atoms with Crippen LogP contribution in [-0.2, 0) is 6.54 Å². The van der Waals surface area contributed by atoms with E-state index < -0.39 is 0 Å². The number of hydrogen-bond acceptors (Lipinski definition) is 6. The summed E-state index contributed by atoms with van der Waals surface area (Å²) in [4.78, 5) is 22.7. The van der Waals surface area contributed by atoms with E-state index in [1.807, 2.05) is 24.4 Å². The van der Waals surface area contributed by atoms with Crippen molar-refractivity contribution in [2.24, 2.45) is 0 Å². The Balaban J connectivity index is 1.81. The van der Waals surface area contributed by atoms with E-state index in [0.717, 1.165) is 20.9 Å². The molecule has 1 aromatic carbocycles. The number of fused-ring (bicyclic) bond motifs is 1. The molecule has 0 unspecified atom stereocenters. The van der Waals surface area contributed by atoms with Crippen LogP contribution in [0.5, 0.6) is 0 Å². The van der Waals surface area contributed by atoms with Crippen LogP contribution >= 0.6 is 22.7 Å². The molecule has 2 N–H and O–H groups in total. The van der Waals surface area contributed by atoms with Gasteiger partial charge in [0.15, 0.2) is 5.13 Å². The Kier molecular flexibility index (Phi) is 3.60. The van der Waals surface area contributed by atoms with Gasteiger partial charge < -0.3 is 10.6 Å². The number of thiazole rings is 2. The second-order valence-electron chi connectivity index (χ2n) is 4.78. The van der Waals surface area contributed by atoms with E-state index in [2.05, 4.69) is 9.97 Å². The third kappa shape index (κ3) is 2.88. The van der Waals surface area contributed by atoms with Gasteiger partial charge in [0.05, 0.1) is 16.8 Å². The Morgan fingerprint density at radius 2 is 2.19 bits per heavy atom. The molecule has 3 rings (SSSR count). The number of carbonyl (C=O) groups is 1. The number of carbonyl (C=O) groups excluding carboxylic acids is 1. The van der Waals surface area contributed by atoms with Crippen LogP contribution in [0.15, 0.2) is 23.6 Å². The van der Waals surface area contributed by atoms with E-state index in [0.29, 0.717) is 17.2 Å². The van der Waals surface area contributed by atoms with E-state index in [1.165, 1.54) is 11.3 Å². The van der Waals surface area contributed by atoms with Crippen LogP contribution in [0.1, 0.15) is 21.1 Å². The van der Waals surface area contributed by atoms with Crippen molar-refractivity contribution in [3.05, 3.63) is 39.8 Å². The Bertz CT molecular complexity index is 808. The number of nitrogens with two attached hydrogens (primary N) is 1. The lowest BCUT2D eigenvalue weighted by Gasteiger charge is -2.15. The number of nitrogen functional groups attached to an aromatic ring is 1. The molecule has 21 heavy (non-hydrogen) atoms. The minimum atomic E-state index is -0.0451. The third-order valence-electron chi connectivity index (χ3n) is 3.04. The zero-order valence-corrected chi connectivity index (χ0v) is 13.3. The van der Waals surface area contributed by atoms with Crippen molar-refractivity contribution < 1.29 is 4.79 Å². The molecule has 0 aliphatic heterocycles. The van der Waals surface area contributed by atoms with Gasteiger partial charge in [-0.05, 0) is 25.1 Å². The van der Waals surface area contributed by atoms with Gasteiger partial charge in [0, 0.05) is 23.7 Å². The van der Waals surface area contributed by atoms with E-state index in [4.69, 9.17) is 5.73 Å². The van der Waals surface area contributed by atoms with E-state index in [-0.39, 0.29) is 5.91 Å². The average molecular weight is 318 g/mol. The maximum atomic E-state index is 12.5. The maximum absolute atomic E-state index is 12.5. The first-order chi connectivity index (χ1) is 10.0. The average Bonchev–Trinajstić information content (AvgIpc) is 3.01. The fourth-order valence-electron chi connectivity index (χ4n) is 2.05. The first kappa shape index (κ1) is 14.0. The molecule has 0 saturated heterocycles. The molecule has 2 aromatic heterocycles. The number of amides is 1. The minimum Gasteiger partial charge on any atom is -0.375 e. The van der Waals surface area contributed by atoms with Crippen LogP contribution in [0, 0.1) is 6.92 Å². The van der Waals surface area contributed by atoms with Crippen molar-refractivity contribution in [2.75, 3.05) is 12.8 Å². The van der Waals surface area contributed by atoms with Crippen molar-refractivity contribution in [1.82, 2.24) is 14.9 Å². The SMILES string of the molecule is Cc1csc(CN(C)C(=O)c2ccc3sc(N)nc3c2)n1. The maximum Gasteiger partial charge on any atom is 0.254 e. The molecule has 2 heterocycles. The predicted molar refractivity (Wildman–Crippen MR) is 86.7 cm³/mol. The first-order valence-electron chi connectivity index (χ1n) is 6.35. The molecule has 1 amide bonds. The molecule has 108 valence electrons. The number of benzene rings is 1. The molecule has 0 aliphatic carbocycles. The molecule has 0 atom stereocenters. The third-order valence-corrected chi connectivity index (χ3v) is 4.85. The fraction of sp³-hybridized carbons (Fsp3) is 0.214. The smallest absolute Gasteiger partial charge is 0.254 e. The molecule has 0 bridgehead atoms. The van der Waals surface area contributed by atoms with Crippen LogP contribution in [0.2, 0.25) is 0 Å². The quantitative estimate of drug-likeness (QED) is 0.806. The number of anilines is 1. The molecule has 0 spiro atoms. The Morgan fingerprint density at radius 3 is 2.90 bits per heavy atom. The van der Waals surface area contributed by atoms with Crippen LogP contribution in [0.3, 0.4) is 0 Å². The molecule has 0 saturated carbocycles. The predicted octanol–water partition coefficient (Wildman–Crippen LogP) is 2.92. The van der Waals surface area contributed by atoms with Gasteiger partial charge in [-0.1, -0.05) is 11.3 Å². The van der Waals surface area contributed by atoms with Crippen molar-refractivity contribution in [3.8, 4) is 0 Å². The fourth-order valence-corrected chi connectivity index (χ4v) is 3.59.